The standard InChI is InChI=1S/C16H16FNO/c1-12(19)14-7-8-16(15(17)11-14)18-10-9-13-5-3-2-4-6-13/h2-8,11,18H,9-10H2,1H3. The van der Waals surface area contributed by atoms with Crippen molar-refractivity contribution < 1.29 is 9.18 Å². The number of ketones is 1. The monoisotopic (exact) mass is 257 g/mol. The van der Waals surface area contributed by atoms with E-state index in [1.54, 1.807) is 12.1 Å². The van der Waals surface area contributed by atoms with Crippen LogP contribution in [0.5, 0.6) is 0 Å². The Kier molecular flexibility index (Phi) is 4.29. The Morgan fingerprint density at radius 2 is 1.89 bits per heavy atom. The molecule has 1 N–H and O–H groups in total. The number of carbonyl (C=O) groups is 1. The Bertz CT molecular complexity index is 566. The first-order valence-electron chi connectivity index (χ1n) is 6.25. The lowest BCUT2D eigenvalue weighted by Crippen LogP contribution is -2.07. The van der Waals surface area contributed by atoms with Crippen LogP contribution in [0.4, 0.5) is 10.1 Å². The van der Waals surface area contributed by atoms with E-state index in [9.17, 15) is 9.18 Å². The Labute approximate surface area is 112 Å². The zero-order chi connectivity index (χ0) is 13.7. The fourth-order valence-electron chi connectivity index (χ4n) is 1.86. The van der Waals surface area contributed by atoms with E-state index in [4.69, 9.17) is 0 Å². The summed E-state index contributed by atoms with van der Waals surface area (Å²) in [6.45, 7) is 2.08. The van der Waals surface area contributed by atoms with Gasteiger partial charge in [-0.15, -0.1) is 0 Å². The molecule has 0 amide bonds. The molecule has 3 heteroatoms. The normalized spacial score (nSPS) is 10.2. The summed E-state index contributed by atoms with van der Waals surface area (Å²) < 4.78 is 13.7. The molecule has 2 aromatic rings. The predicted molar refractivity (Wildman–Crippen MR) is 75.0 cm³/mol. The third kappa shape index (κ3) is 3.65. The van der Waals surface area contributed by atoms with Crippen molar-refractivity contribution in [2.45, 2.75) is 13.3 Å². The Hall–Kier alpha value is -2.16. The van der Waals surface area contributed by atoms with Crippen molar-refractivity contribution in [1.82, 2.24) is 0 Å². The van der Waals surface area contributed by atoms with E-state index in [1.807, 2.05) is 30.3 Å². The van der Waals surface area contributed by atoms with Crippen molar-refractivity contribution in [1.29, 1.82) is 0 Å². The molecule has 2 aromatic carbocycles. The number of benzene rings is 2. The molecule has 0 unspecified atom stereocenters. The molecule has 2 nitrogen and oxygen atoms in total. The van der Waals surface area contributed by atoms with Crippen LogP contribution in [0, 0.1) is 5.82 Å². The number of Topliss-reactive ketones (excluding diaryl/α,β-unsaturated/α-hetero) is 1. The minimum absolute atomic E-state index is 0.130. The highest BCUT2D eigenvalue weighted by Gasteiger charge is 2.05. The Balaban J connectivity index is 1.95. The van der Waals surface area contributed by atoms with Crippen LogP contribution in [0.1, 0.15) is 22.8 Å². The van der Waals surface area contributed by atoms with Gasteiger partial charge in [0.1, 0.15) is 5.82 Å². The molecule has 0 heterocycles. The van der Waals surface area contributed by atoms with Gasteiger partial charge in [0.15, 0.2) is 5.78 Å². The van der Waals surface area contributed by atoms with E-state index in [0.717, 1.165) is 6.42 Å². The third-order valence-electron chi connectivity index (χ3n) is 2.95. The van der Waals surface area contributed by atoms with Crippen molar-refractivity contribution in [2.24, 2.45) is 0 Å². The first-order chi connectivity index (χ1) is 9.16. The molecule has 0 aliphatic heterocycles. The minimum Gasteiger partial charge on any atom is -0.382 e. The molecule has 19 heavy (non-hydrogen) atoms. The highest BCUT2D eigenvalue weighted by atomic mass is 19.1. The van der Waals surface area contributed by atoms with E-state index in [1.165, 1.54) is 18.6 Å². The molecule has 0 bridgehead atoms. The minimum atomic E-state index is -0.388. The van der Waals surface area contributed by atoms with Crippen molar-refractivity contribution in [3.8, 4) is 0 Å². The summed E-state index contributed by atoms with van der Waals surface area (Å²) in [6, 6.07) is 14.5. The molecule has 0 aliphatic carbocycles. The number of rotatable bonds is 5. The number of hydrogen-bond donors (Lipinski definition) is 1. The highest BCUT2D eigenvalue weighted by molar-refractivity contribution is 5.94. The largest absolute Gasteiger partial charge is 0.382 e. The maximum absolute atomic E-state index is 13.7. The van der Waals surface area contributed by atoms with Gasteiger partial charge in [0.2, 0.25) is 0 Å². The number of hydrogen-bond acceptors (Lipinski definition) is 2. The maximum Gasteiger partial charge on any atom is 0.159 e. The van der Waals surface area contributed by atoms with Crippen LogP contribution in [-0.4, -0.2) is 12.3 Å². The van der Waals surface area contributed by atoms with E-state index in [-0.39, 0.29) is 11.6 Å². The van der Waals surface area contributed by atoms with Gasteiger partial charge in [0, 0.05) is 12.1 Å². The molecular formula is C16H16FNO. The van der Waals surface area contributed by atoms with Gasteiger partial charge in [0.25, 0.3) is 0 Å². The molecule has 0 spiro atoms. The molecule has 0 radical (unpaired) electrons. The van der Waals surface area contributed by atoms with Crippen molar-refractivity contribution in [2.75, 3.05) is 11.9 Å². The van der Waals surface area contributed by atoms with Crippen LogP contribution in [0.15, 0.2) is 48.5 Å². The van der Waals surface area contributed by atoms with E-state index in [0.29, 0.717) is 17.8 Å². The Morgan fingerprint density at radius 1 is 1.16 bits per heavy atom. The van der Waals surface area contributed by atoms with Crippen LogP contribution in [0.25, 0.3) is 0 Å². The summed E-state index contributed by atoms with van der Waals surface area (Å²) in [6.07, 6.45) is 0.828. The summed E-state index contributed by atoms with van der Waals surface area (Å²) in [4.78, 5) is 11.1. The average molecular weight is 257 g/mol. The molecule has 0 saturated heterocycles. The van der Waals surface area contributed by atoms with Gasteiger partial charge in [-0.3, -0.25) is 4.79 Å². The second-order valence-corrected chi connectivity index (χ2v) is 4.41. The van der Waals surface area contributed by atoms with Crippen LogP contribution < -0.4 is 5.32 Å². The van der Waals surface area contributed by atoms with Gasteiger partial charge >= 0.3 is 0 Å². The van der Waals surface area contributed by atoms with Crippen LogP contribution in [0.2, 0.25) is 0 Å². The molecule has 98 valence electrons. The summed E-state index contributed by atoms with van der Waals surface area (Å²) in [5, 5.41) is 3.04. The summed E-state index contributed by atoms with van der Waals surface area (Å²) in [7, 11) is 0. The van der Waals surface area contributed by atoms with Gasteiger partial charge < -0.3 is 5.32 Å². The zero-order valence-corrected chi connectivity index (χ0v) is 10.8. The molecule has 0 atom stereocenters. The van der Waals surface area contributed by atoms with Gasteiger partial charge in [-0.2, -0.15) is 0 Å². The van der Waals surface area contributed by atoms with Gasteiger partial charge in [-0.1, -0.05) is 30.3 Å². The summed E-state index contributed by atoms with van der Waals surface area (Å²) in [5.74, 6) is -0.518. The average Bonchev–Trinajstić information content (AvgIpc) is 2.41. The van der Waals surface area contributed by atoms with Gasteiger partial charge in [0.05, 0.1) is 5.69 Å². The number of nitrogens with one attached hydrogen (secondary N) is 1. The SMILES string of the molecule is CC(=O)c1ccc(NCCc2ccccc2)c(F)c1. The fourth-order valence-corrected chi connectivity index (χ4v) is 1.86. The summed E-state index contributed by atoms with van der Waals surface area (Å²) >= 11 is 0. The molecule has 0 fully saturated rings. The molecule has 0 aliphatic rings. The van der Waals surface area contributed by atoms with Crippen LogP contribution >= 0.6 is 0 Å². The van der Waals surface area contributed by atoms with Crippen molar-refractivity contribution >= 4 is 11.5 Å². The lowest BCUT2D eigenvalue weighted by molar-refractivity contribution is 0.101. The van der Waals surface area contributed by atoms with E-state index >= 15 is 0 Å². The molecule has 0 aromatic heterocycles. The van der Waals surface area contributed by atoms with Crippen LogP contribution in [0.3, 0.4) is 0 Å². The number of anilines is 1. The third-order valence-corrected chi connectivity index (χ3v) is 2.95. The van der Waals surface area contributed by atoms with Crippen molar-refractivity contribution in [3.05, 3.63) is 65.5 Å². The summed E-state index contributed by atoms with van der Waals surface area (Å²) in [5.41, 5.74) is 2.03. The lowest BCUT2D eigenvalue weighted by Gasteiger charge is -2.08. The second kappa shape index (κ2) is 6.14. The highest BCUT2D eigenvalue weighted by Crippen LogP contribution is 2.16. The Morgan fingerprint density at radius 3 is 2.53 bits per heavy atom. The topological polar surface area (TPSA) is 29.1 Å². The second-order valence-electron chi connectivity index (χ2n) is 4.41. The van der Waals surface area contributed by atoms with Gasteiger partial charge in [-0.25, -0.2) is 4.39 Å². The molecule has 0 saturated carbocycles. The zero-order valence-electron chi connectivity index (χ0n) is 10.8. The first-order valence-corrected chi connectivity index (χ1v) is 6.25. The van der Waals surface area contributed by atoms with E-state index < -0.39 is 0 Å². The number of halogens is 1. The predicted octanol–water partition coefficient (Wildman–Crippen LogP) is 3.68. The molecular weight excluding hydrogens is 241 g/mol. The number of carbonyl (C=O) groups excluding carboxylic acids is 1. The van der Waals surface area contributed by atoms with Crippen molar-refractivity contribution in [3.63, 3.8) is 0 Å². The van der Waals surface area contributed by atoms with E-state index in [2.05, 4.69) is 5.32 Å². The van der Waals surface area contributed by atoms with Gasteiger partial charge in [-0.05, 0) is 37.1 Å². The molecule has 2 rings (SSSR count). The lowest BCUT2D eigenvalue weighted by atomic mass is 10.1. The first kappa shape index (κ1) is 13.3. The quantitative estimate of drug-likeness (QED) is 0.828. The fraction of sp³-hybridized carbons (Fsp3) is 0.188. The van der Waals surface area contributed by atoms with Crippen LogP contribution in [-0.2, 0) is 6.42 Å². The maximum atomic E-state index is 13.7. The smallest absolute Gasteiger partial charge is 0.159 e.